The molecule has 0 unspecified atom stereocenters. The second kappa shape index (κ2) is 5.86. The number of likely N-dealkylation sites (tertiary alicyclic amines) is 1. The molecule has 2 atom stereocenters. The van der Waals surface area contributed by atoms with E-state index in [1.165, 1.54) is 64.7 Å². The van der Waals surface area contributed by atoms with Crippen LogP contribution < -0.4 is 5.32 Å². The minimum Gasteiger partial charge on any atom is -0.316 e. The third-order valence-corrected chi connectivity index (χ3v) is 4.05. The fourth-order valence-corrected chi connectivity index (χ4v) is 3.32. The first-order valence-corrected chi connectivity index (χ1v) is 6.86. The van der Waals surface area contributed by atoms with Gasteiger partial charge in [0.15, 0.2) is 0 Å². The summed E-state index contributed by atoms with van der Waals surface area (Å²) in [5, 5.41) is 3.57. The van der Waals surface area contributed by atoms with Crippen LogP contribution in [-0.4, -0.2) is 37.1 Å². The van der Waals surface area contributed by atoms with Crippen LogP contribution in [-0.2, 0) is 0 Å². The lowest BCUT2D eigenvalue weighted by Crippen LogP contribution is -2.48. The number of hydrogen-bond donors (Lipinski definition) is 1. The fourth-order valence-electron chi connectivity index (χ4n) is 3.32. The van der Waals surface area contributed by atoms with Crippen LogP contribution in [0.15, 0.2) is 0 Å². The summed E-state index contributed by atoms with van der Waals surface area (Å²) in [7, 11) is 0. The lowest BCUT2D eigenvalue weighted by atomic mass is 9.85. The standard InChI is InChI=1S/C13H26N2/c1-2-9-15-10-4-3-7-13(15)12-6-5-8-14-11-12/h12-14H,2-11H2,1H3/t12-,13+/m1/s1. The Morgan fingerprint density at radius 3 is 2.87 bits per heavy atom. The molecule has 0 aromatic carbocycles. The smallest absolute Gasteiger partial charge is 0.0136 e. The van der Waals surface area contributed by atoms with E-state index in [1.807, 2.05) is 0 Å². The van der Waals surface area contributed by atoms with Gasteiger partial charge in [-0.05, 0) is 64.2 Å². The van der Waals surface area contributed by atoms with Crippen molar-refractivity contribution in [3.8, 4) is 0 Å². The van der Waals surface area contributed by atoms with Crippen molar-refractivity contribution in [2.24, 2.45) is 5.92 Å². The monoisotopic (exact) mass is 210 g/mol. The minimum atomic E-state index is 0.895. The van der Waals surface area contributed by atoms with Gasteiger partial charge in [0.1, 0.15) is 0 Å². The Bertz CT molecular complexity index is 163. The Morgan fingerprint density at radius 1 is 1.20 bits per heavy atom. The van der Waals surface area contributed by atoms with Crippen molar-refractivity contribution in [1.82, 2.24) is 10.2 Å². The van der Waals surface area contributed by atoms with Gasteiger partial charge < -0.3 is 10.2 Å². The Hall–Kier alpha value is -0.0800. The van der Waals surface area contributed by atoms with E-state index in [1.54, 1.807) is 0 Å². The molecule has 2 aliphatic heterocycles. The molecule has 2 aliphatic rings. The molecular weight excluding hydrogens is 184 g/mol. The average Bonchev–Trinajstić information content (AvgIpc) is 2.31. The van der Waals surface area contributed by atoms with E-state index < -0.39 is 0 Å². The first-order chi connectivity index (χ1) is 7.42. The van der Waals surface area contributed by atoms with Gasteiger partial charge in [0.05, 0.1) is 0 Å². The summed E-state index contributed by atoms with van der Waals surface area (Å²) in [6.07, 6.45) is 8.50. The predicted molar refractivity (Wildman–Crippen MR) is 65.1 cm³/mol. The number of nitrogens with one attached hydrogen (secondary N) is 1. The Kier molecular flexibility index (Phi) is 4.45. The van der Waals surface area contributed by atoms with E-state index in [4.69, 9.17) is 0 Å². The quantitative estimate of drug-likeness (QED) is 0.768. The van der Waals surface area contributed by atoms with Crippen LogP contribution in [0.2, 0.25) is 0 Å². The summed E-state index contributed by atoms with van der Waals surface area (Å²) >= 11 is 0. The molecule has 15 heavy (non-hydrogen) atoms. The van der Waals surface area contributed by atoms with Gasteiger partial charge in [-0.3, -0.25) is 0 Å². The number of hydrogen-bond acceptors (Lipinski definition) is 2. The van der Waals surface area contributed by atoms with Gasteiger partial charge in [0, 0.05) is 6.04 Å². The highest BCUT2D eigenvalue weighted by Gasteiger charge is 2.29. The van der Waals surface area contributed by atoms with Crippen LogP contribution in [0, 0.1) is 5.92 Å². The topological polar surface area (TPSA) is 15.3 Å². The highest BCUT2D eigenvalue weighted by molar-refractivity contribution is 4.86. The predicted octanol–water partition coefficient (Wildman–Crippen LogP) is 2.25. The average molecular weight is 210 g/mol. The second-order valence-corrected chi connectivity index (χ2v) is 5.21. The molecule has 0 aromatic heterocycles. The van der Waals surface area contributed by atoms with Crippen molar-refractivity contribution in [2.75, 3.05) is 26.2 Å². The molecule has 1 N–H and O–H groups in total. The molecule has 0 radical (unpaired) electrons. The molecule has 0 aromatic rings. The van der Waals surface area contributed by atoms with Crippen LogP contribution in [0.4, 0.5) is 0 Å². The van der Waals surface area contributed by atoms with Gasteiger partial charge in [-0.15, -0.1) is 0 Å². The largest absolute Gasteiger partial charge is 0.316 e. The van der Waals surface area contributed by atoms with Crippen molar-refractivity contribution in [1.29, 1.82) is 0 Å². The summed E-state index contributed by atoms with van der Waals surface area (Å²) in [5.74, 6) is 0.936. The van der Waals surface area contributed by atoms with Gasteiger partial charge in [0.25, 0.3) is 0 Å². The highest BCUT2D eigenvalue weighted by Crippen LogP contribution is 2.27. The summed E-state index contributed by atoms with van der Waals surface area (Å²) in [5.41, 5.74) is 0. The maximum absolute atomic E-state index is 3.57. The molecule has 2 heteroatoms. The third kappa shape index (κ3) is 2.94. The van der Waals surface area contributed by atoms with Crippen molar-refractivity contribution in [2.45, 2.75) is 51.5 Å². The molecule has 0 amide bonds. The molecule has 2 fully saturated rings. The van der Waals surface area contributed by atoms with Gasteiger partial charge >= 0.3 is 0 Å². The molecule has 0 bridgehead atoms. The Morgan fingerprint density at radius 2 is 2.13 bits per heavy atom. The zero-order valence-electron chi connectivity index (χ0n) is 10.2. The third-order valence-electron chi connectivity index (χ3n) is 4.05. The van der Waals surface area contributed by atoms with E-state index in [9.17, 15) is 0 Å². The van der Waals surface area contributed by atoms with Gasteiger partial charge in [0.2, 0.25) is 0 Å². The first kappa shape index (κ1) is 11.4. The molecular formula is C13H26N2. The van der Waals surface area contributed by atoms with Crippen LogP contribution >= 0.6 is 0 Å². The van der Waals surface area contributed by atoms with Crippen molar-refractivity contribution in [3.05, 3.63) is 0 Å². The fraction of sp³-hybridized carbons (Fsp3) is 1.00. The van der Waals surface area contributed by atoms with Gasteiger partial charge in [-0.2, -0.15) is 0 Å². The van der Waals surface area contributed by atoms with Gasteiger partial charge in [-0.25, -0.2) is 0 Å². The molecule has 2 nitrogen and oxygen atoms in total. The van der Waals surface area contributed by atoms with Crippen molar-refractivity contribution >= 4 is 0 Å². The molecule has 2 heterocycles. The van der Waals surface area contributed by atoms with Crippen molar-refractivity contribution in [3.63, 3.8) is 0 Å². The van der Waals surface area contributed by atoms with E-state index >= 15 is 0 Å². The van der Waals surface area contributed by atoms with Crippen LogP contribution in [0.3, 0.4) is 0 Å². The molecule has 0 spiro atoms. The first-order valence-electron chi connectivity index (χ1n) is 6.86. The van der Waals surface area contributed by atoms with Crippen molar-refractivity contribution < 1.29 is 0 Å². The van der Waals surface area contributed by atoms with E-state index in [0.29, 0.717) is 0 Å². The molecule has 0 saturated carbocycles. The Labute approximate surface area is 94.4 Å². The maximum atomic E-state index is 3.57. The summed E-state index contributed by atoms with van der Waals surface area (Å²) in [6, 6.07) is 0.895. The highest BCUT2D eigenvalue weighted by atomic mass is 15.2. The lowest BCUT2D eigenvalue weighted by Gasteiger charge is -2.42. The van der Waals surface area contributed by atoms with Crippen LogP contribution in [0.1, 0.15) is 45.4 Å². The normalized spacial score (nSPS) is 34.2. The zero-order chi connectivity index (χ0) is 10.5. The molecule has 0 aliphatic carbocycles. The zero-order valence-corrected chi connectivity index (χ0v) is 10.2. The maximum Gasteiger partial charge on any atom is 0.0136 e. The van der Waals surface area contributed by atoms with Gasteiger partial charge in [-0.1, -0.05) is 13.3 Å². The number of rotatable bonds is 3. The molecule has 2 saturated heterocycles. The summed E-state index contributed by atoms with van der Waals surface area (Å²) in [6.45, 7) is 7.50. The van der Waals surface area contributed by atoms with Crippen LogP contribution in [0.5, 0.6) is 0 Å². The number of piperidine rings is 2. The SMILES string of the molecule is CCCN1CCCC[C@H]1[C@@H]1CCCNC1. The van der Waals surface area contributed by atoms with E-state index in [0.717, 1.165) is 12.0 Å². The Balaban J connectivity index is 1.90. The minimum absolute atomic E-state index is 0.895. The molecule has 2 rings (SSSR count). The number of nitrogens with zero attached hydrogens (tertiary/aromatic N) is 1. The van der Waals surface area contributed by atoms with E-state index in [-0.39, 0.29) is 0 Å². The van der Waals surface area contributed by atoms with Crippen LogP contribution in [0.25, 0.3) is 0 Å². The van der Waals surface area contributed by atoms with E-state index in [2.05, 4.69) is 17.1 Å². The lowest BCUT2D eigenvalue weighted by molar-refractivity contribution is 0.0871. The summed E-state index contributed by atoms with van der Waals surface area (Å²) in [4.78, 5) is 2.77. The second-order valence-electron chi connectivity index (χ2n) is 5.21. The molecule has 88 valence electrons. The summed E-state index contributed by atoms with van der Waals surface area (Å²) < 4.78 is 0.